The first-order valence-corrected chi connectivity index (χ1v) is 3.55. The Morgan fingerprint density at radius 3 is 2.60 bits per heavy atom. The van der Waals surface area contributed by atoms with Gasteiger partial charge in [0, 0.05) is 6.04 Å². The van der Waals surface area contributed by atoms with Gasteiger partial charge in [0.2, 0.25) is 0 Å². The molecule has 0 rings (SSSR count). The molecule has 1 radical (unpaired) electrons. The normalized spacial score (nSPS) is 9.60. The van der Waals surface area contributed by atoms with Gasteiger partial charge in [0.05, 0.1) is 6.54 Å². The van der Waals surface area contributed by atoms with Crippen LogP contribution >= 0.6 is 0 Å². The second-order valence-electron chi connectivity index (χ2n) is 2.38. The maximum absolute atomic E-state index is 10.8. The van der Waals surface area contributed by atoms with E-state index in [0.29, 0.717) is 0 Å². The molecule has 59 valence electrons. The molecular formula is C7H15N2O. The van der Waals surface area contributed by atoms with Gasteiger partial charge in [-0.2, -0.15) is 0 Å². The lowest BCUT2D eigenvalue weighted by Gasteiger charge is -2.08. The van der Waals surface area contributed by atoms with Crippen LogP contribution in [-0.2, 0) is 0 Å². The third kappa shape index (κ3) is 5.41. The zero-order valence-corrected chi connectivity index (χ0v) is 6.77. The molecule has 0 aliphatic carbocycles. The highest BCUT2D eigenvalue weighted by Gasteiger charge is 1.98. The van der Waals surface area contributed by atoms with Gasteiger partial charge in [-0.1, -0.05) is 6.92 Å². The second kappa shape index (κ2) is 5.09. The van der Waals surface area contributed by atoms with E-state index < -0.39 is 0 Å². The molecule has 0 saturated heterocycles. The number of carbonyl (C=O) groups excluding carboxylic acids is 1. The van der Waals surface area contributed by atoms with Crippen LogP contribution in [0.2, 0.25) is 0 Å². The van der Waals surface area contributed by atoms with Gasteiger partial charge in [0.25, 0.3) is 0 Å². The van der Waals surface area contributed by atoms with Gasteiger partial charge in [-0.05, 0) is 20.3 Å². The Morgan fingerprint density at radius 2 is 2.20 bits per heavy atom. The van der Waals surface area contributed by atoms with Crippen molar-refractivity contribution >= 4 is 6.03 Å². The van der Waals surface area contributed by atoms with Crippen LogP contribution in [0.25, 0.3) is 0 Å². The average Bonchev–Trinajstić information content (AvgIpc) is 1.82. The van der Waals surface area contributed by atoms with Gasteiger partial charge >= 0.3 is 6.03 Å². The summed E-state index contributed by atoms with van der Waals surface area (Å²) in [6.45, 7) is 7.53. The summed E-state index contributed by atoms with van der Waals surface area (Å²) in [6.07, 6.45) is 0.853. The van der Waals surface area contributed by atoms with Crippen LogP contribution in [-0.4, -0.2) is 12.1 Å². The average molecular weight is 143 g/mol. The predicted octanol–water partition coefficient (Wildman–Crippen LogP) is 1.27. The molecule has 0 aliphatic rings. The smallest absolute Gasteiger partial charge is 0.315 e. The topological polar surface area (TPSA) is 41.1 Å². The van der Waals surface area contributed by atoms with Crippen molar-refractivity contribution in [3.05, 3.63) is 6.54 Å². The van der Waals surface area contributed by atoms with Crippen molar-refractivity contribution in [2.45, 2.75) is 33.2 Å². The van der Waals surface area contributed by atoms with E-state index in [0.717, 1.165) is 6.42 Å². The van der Waals surface area contributed by atoms with Gasteiger partial charge < -0.3 is 10.6 Å². The molecule has 0 saturated carbocycles. The molecule has 0 aromatic heterocycles. The molecule has 0 spiro atoms. The zero-order chi connectivity index (χ0) is 7.98. The molecule has 0 atom stereocenters. The Labute approximate surface area is 62.2 Å². The number of carbonyl (C=O) groups is 1. The van der Waals surface area contributed by atoms with Crippen LogP contribution in [0.4, 0.5) is 4.79 Å². The summed E-state index contributed by atoms with van der Waals surface area (Å²) in [5.74, 6) is 0. The summed E-state index contributed by atoms with van der Waals surface area (Å²) in [4.78, 5) is 10.8. The lowest BCUT2D eigenvalue weighted by Crippen LogP contribution is -2.38. The fourth-order valence-corrected chi connectivity index (χ4v) is 0.499. The fraction of sp³-hybridized carbons (Fsp3) is 0.714. The highest BCUT2D eigenvalue weighted by Crippen LogP contribution is 1.80. The Bertz CT molecular complexity index is 102. The first kappa shape index (κ1) is 9.27. The lowest BCUT2D eigenvalue weighted by atomic mass is 10.4. The molecule has 0 bridgehead atoms. The van der Waals surface area contributed by atoms with Crippen LogP contribution in [0.15, 0.2) is 0 Å². The number of nitrogens with one attached hydrogen (secondary N) is 2. The van der Waals surface area contributed by atoms with Crippen molar-refractivity contribution < 1.29 is 4.79 Å². The zero-order valence-electron chi connectivity index (χ0n) is 6.77. The summed E-state index contributed by atoms with van der Waals surface area (Å²) in [7, 11) is 0. The maximum Gasteiger partial charge on any atom is 0.315 e. The Balaban J connectivity index is 3.26. The van der Waals surface area contributed by atoms with Crippen molar-refractivity contribution in [1.82, 2.24) is 10.6 Å². The molecule has 2 amide bonds. The Hall–Kier alpha value is -0.730. The maximum atomic E-state index is 10.8. The molecule has 3 nitrogen and oxygen atoms in total. The molecular weight excluding hydrogens is 128 g/mol. The number of urea groups is 1. The number of rotatable bonds is 3. The summed E-state index contributed by atoms with van der Waals surface area (Å²) >= 11 is 0. The van der Waals surface area contributed by atoms with E-state index in [9.17, 15) is 4.79 Å². The van der Waals surface area contributed by atoms with E-state index >= 15 is 0 Å². The third-order valence-corrected chi connectivity index (χ3v) is 0.857. The van der Waals surface area contributed by atoms with Crippen LogP contribution in [0.3, 0.4) is 0 Å². The van der Waals surface area contributed by atoms with Gasteiger partial charge in [-0.15, -0.1) is 0 Å². The minimum absolute atomic E-state index is 0.128. The largest absolute Gasteiger partial charge is 0.336 e. The first-order chi connectivity index (χ1) is 4.66. The van der Waals surface area contributed by atoms with Crippen molar-refractivity contribution in [3.63, 3.8) is 0 Å². The molecule has 10 heavy (non-hydrogen) atoms. The molecule has 3 heteroatoms. The molecule has 2 N–H and O–H groups in total. The first-order valence-electron chi connectivity index (χ1n) is 3.55. The number of hydrogen-bond acceptors (Lipinski definition) is 1. The van der Waals surface area contributed by atoms with Crippen molar-refractivity contribution in [3.8, 4) is 0 Å². The van der Waals surface area contributed by atoms with Crippen LogP contribution in [0.5, 0.6) is 0 Å². The summed E-state index contributed by atoms with van der Waals surface area (Å²) in [5, 5.41) is 5.28. The van der Waals surface area contributed by atoms with Gasteiger partial charge in [-0.25, -0.2) is 4.79 Å². The third-order valence-electron chi connectivity index (χ3n) is 0.857. The molecule has 0 fully saturated rings. The molecule has 0 unspecified atom stereocenters. The monoisotopic (exact) mass is 143 g/mol. The summed E-state index contributed by atoms with van der Waals surface area (Å²) in [6, 6.07) is 0.0714. The van der Waals surface area contributed by atoms with Crippen LogP contribution in [0.1, 0.15) is 27.2 Å². The standard InChI is InChI=1S/C7H15N2O/c1-4-5-8-7(10)9-6(2)3/h5-6H,4H2,1-3H3,(H2,8,9,10). The van der Waals surface area contributed by atoms with E-state index in [1.165, 1.54) is 0 Å². The SMILES string of the molecule is CC[CH]NC(=O)NC(C)C. The minimum atomic E-state index is -0.128. The summed E-state index contributed by atoms with van der Waals surface area (Å²) < 4.78 is 0. The number of amides is 2. The molecule has 0 aromatic rings. The quantitative estimate of drug-likeness (QED) is 0.613. The van der Waals surface area contributed by atoms with Gasteiger partial charge in [0.15, 0.2) is 0 Å². The minimum Gasteiger partial charge on any atom is -0.336 e. The Morgan fingerprint density at radius 1 is 1.60 bits per heavy atom. The Kier molecular flexibility index (Phi) is 4.72. The summed E-state index contributed by atoms with van der Waals surface area (Å²) in [5.41, 5.74) is 0. The van der Waals surface area contributed by atoms with Crippen molar-refractivity contribution in [2.24, 2.45) is 0 Å². The van der Waals surface area contributed by atoms with Crippen molar-refractivity contribution in [1.29, 1.82) is 0 Å². The molecule has 0 aliphatic heterocycles. The second-order valence-corrected chi connectivity index (χ2v) is 2.38. The van der Waals surface area contributed by atoms with E-state index in [2.05, 4.69) is 10.6 Å². The van der Waals surface area contributed by atoms with Crippen LogP contribution in [0, 0.1) is 6.54 Å². The van der Waals surface area contributed by atoms with E-state index in [1.807, 2.05) is 20.8 Å². The lowest BCUT2D eigenvalue weighted by molar-refractivity contribution is 0.240. The van der Waals surface area contributed by atoms with Gasteiger partial charge in [-0.3, -0.25) is 0 Å². The van der Waals surface area contributed by atoms with E-state index in [4.69, 9.17) is 0 Å². The van der Waals surface area contributed by atoms with Crippen LogP contribution < -0.4 is 10.6 Å². The number of hydrogen-bond donors (Lipinski definition) is 2. The fourth-order valence-electron chi connectivity index (χ4n) is 0.499. The van der Waals surface area contributed by atoms with Crippen molar-refractivity contribution in [2.75, 3.05) is 0 Å². The highest BCUT2D eigenvalue weighted by atomic mass is 16.2. The highest BCUT2D eigenvalue weighted by molar-refractivity contribution is 5.74. The predicted molar refractivity (Wildman–Crippen MR) is 41.4 cm³/mol. The molecule has 0 heterocycles. The van der Waals surface area contributed by atoms with E-state index in [-0.39, 0.29) is 12.1 Å². The van der Waals surface area contributed by atoms with Gasteiger partial charge in [0.1, 0.15) is 0 Å². The molecule has 0 aromatic carbocycles. The van der Waals surface area contributed by atoms with E-state index in [1.54, 1.807) is 6.54 Å².